The minimum absolute atomic E-state index is 0. The number of rotatable bonds is 5. The molecule has 4 rings (SSSR count). The van der Waals surface area contributed by atoms with Crippen LogP contribution in [0.3, 0.4) is 0 Å². The molecule has 0 saturated carbocycles. The van der Waals surface area contributed by atoms with Gasteiger partial charge in [0.05, 0.1) is 0 Å². The van der Waals surface area contributed by atoms with E-state index in [1.165, 1.54) is 27.8 Å². The third-order valence-electron chi connectivity index (χ3n) is 5.44. The fourth-order valence-corrected chi connectivity index (χ4v) is 12.1. The van der Waals surface area contributed by atoms with Crippen LogP contribution < -0.4 is 24.8 Å². The molecule has 1 N–H and O–H groups in total. The Morgan fingerprint density at radius 3 is 2.15 bits per heavy atom. The van der Waals surface area contributed by atoms with Crippen LogP contribution in [0.15, 0.2) is 69.5 Å². The Hall–Kier alpha value is -0.787. The zero-order valence-corrected chi connectivity index (χ0v) is 19.4. The van der Waals surface area contributed by atoms with Crippen LogP contribution in [0.5, 0.6) is 0 Å². The van der Waals surface area contributed by atoms with Gasteiger partial charge in [-0.25, -0.2) is 0 Å². The molecule has 2 aliphatic carbocycles. The monoisotopic (exact) mass is 476 g/mol. The standard InChI is InChI=1S/C13H9.C8H11O.C2H4.2ClH.Zr/c1-3-7-12-10(5-1)9-11-6-2-4-8-13(11)12;9-7-3-6-8-4-1-2-5-8;1-2;;;/h1-9H;1,4,9H,2-3,6-7H2;1H,2H3;2*1H;/q;;;;;+2/p-2. The number of hydrogen-bond donors (Lipinski definition) is 1. The Kier molecular flexibility index (Phi) is 8.44. The summed E-state index contributed by atoms with van der Waals surface area (Å²) in [5.74, 6) is 0. The van der Waals surface area contributed by atoms with Gasteiger partial charge in [-0.2, -0.15) is 0 Å². The summed E-state index contributed by atoms with van der Waals surface area (Å²) in [5, 5.41) is 9.24. The van der Waals surface area contributed by atoms with Crippen LogP contribution >= 0.6 is 0 Å². The number of benzene rings is 2. The molecule has 2 aromatic carbocycles. The van der Waals surface area contributed by atoms with Crippen molar-refractivity contribution < 1.29 is 51.2 Å². The second-order valence-electron chi connectivity index (χ2n) is 6.79. The first-order valence-corrected chi connectivity index (χ1v) is 13.3. The van der Waals surface area contributed by atoms with Gasteiger partial charge in [0.25, 0.3) is 0 Å². The zero-order chi connectivity index (χ0) is 17.2. The summed E-state index contributed by atoms with van der Waals surface area (Å²) < 4.78 is 4.90. The maximum Gasteiger partial charge on any atom is -1.00 e. The first-order chi connectivity index (χ1) is 12.3. The van der Waals surface area contributed by atoms with E-state index >= 15 is 0 Å². The number of allylic oxidation sites excluding steroid dienone is 4. The van der Waals surface area contributed by atoms with Gasteiger partial charge in [-0.3, -0.25) is 0 Å². The van der Waals surface area contributed by atoms with Crippen LogP contribution in [-0.4, -0.2) is 15.4 Å². The molecule has 1 nitrogen and oxygen atoms in total. The molecule has 27 heavy (non-hydrogen) atoms. The number of hydrogen-bond acceptors (Lipinski definition) is 1. The second kappa shape index (κ2) is 10.1. The first-order valence-electron chi connectivity index (χ1n) is 9.19. The predicted molar refractivity (Wildman–Crippen MR) is 103 cm³/mol. The van der Waals surface area contributed by atoms with Crippen LogP contribution in [-0.2, 0) is 21.3 Å². The minimum atomic E-state index is -1.99. The van der Waals surface area contributed by atoms with Crippen LogP contribution in [0.1, 0.15) is 40.9 Å². The number of aliphatic hydroxyl groups is 1. The molecule has 0 saturated heterocycles. The van der Waals surface area contributed by atoms with Gasteiger partial charge in [0.1, 0.15) is 0 Å². The summed E-state index contributed by atoms with van der Waals surface area (Å²) in [5.41, 5.74) is 7.47. The second-order valence-corrected chi connectivity index (χ2v) is 13.3. The smallest absolute Gasteiger partial charge is 1.00 e. The van der Waals surface area contributed by atoms with E-state index in [1.807, 2.05) is 0 Å². The topological polar surface area (TPSA) is 20.2 Å². The first kappa shape index (κ1) is 22.5. The molecule has 0 aliphatic heterocycles. The molecule has 0 aromatic heterocycles. The van der Waals surface area contributed by atoms with Crippen molar-refractivity contribution in [1.29, 1.82) is 0 Å². The van der Waals surface area contributed by atoms with Crippen molar-refractivity contribution in [2.24, 2.45) is 0 Å². The molecule has 0 fully saturated rings. The number of halogens is 2. The summed E-state index contributed by atoms with van der Waals surface area (Å²) in [7, 11) is 0. The van der Waals surface area contributed by atoms with Crippen LogP contribution in [0.25, 0.3) is 11.1 Å². The molecule has 0 unspecified atom stereocenters. The number of aliphatic hydroxyl groups excluding tert-OH is 1. The molecule has 0 heterocycles. The van der Waals surface area contributed by atoms with Crippen molar-refractivity contribution in [2.75, 3.05) is 6.61 Å². The molecule has 0 radical (unpaired) electrons. The summed E-state index contributed by atoms with van der Waals surface area (Å²) in [6.07, 6.45) is 7.68. The van der Waals surface area contributed by atoms with E-state index in [1.54, 1.807) is 3.28 Å². The average molecular weight is 479 g/mol. The van der Waals surface area contributed by atoms with Gasteiger partial charge in [0.2, 0.25) is 0 Å². The average Bonchev–Trinajstić information content (AvgIpc) is 3.25. The molecular weight excluding hydrogens is 454 g/mol. The maximum absolute atomic E-state index is 9.24. The van der Waals surface area contributed by atoms with E-state index in [9.17, 15) is 5.11 Å². The molecular formula is C23H24Cl2OZr. The maximum atomic E-state index is 9.24. The largest absolute Gasteiger partial charge is 1.00 e. The van der Waals surface area contributed by atoms with E-state index in [0.29, 0.717) is 3.63 Å². The summed E-state index contributed by atoms with van der Waals surface area (Å²) >= 11 is -1.99. The van der Waals surface area contributed by atoms with Crippen molar-refractivity contribution >= 4 is 3.71 Å². The van der Waals surface area contributed by atoms with Gasteiger partial charge in [0, 0.05) is 0 Å². The van der Waals surface area contributed by atoms with Crippen molar-refractivity contribution in [3.05, 3.63) is 80.7 Å². The van der Waals surface area contributed by atoms with Gasteiger partial charge in [-0.15, -0.1) is 0 Å². The summed E-state index contributed by atoms with van der Waals surface area (Å²) in [4.78, 5) is 0. The minimum Gasteiger partial charge on any atom is -1.00 e. The Balaban J connectivity index is 0.00000131. The predicted octanol–water partition coefficient (Wildman–Crippen LogP) is -0.809. The zero-order valence-electron chi connectivity index (χ0n) is 15.5. The third kappa shape index (κ3) is 4.15. The van der Waals surface area contributed by atoms with Crippen molar-refractivity contribution in [1.82, 2.24) is 0 Å². The van der Waals surface area contributed by atoms with Crippen molar-refractivity contribution in [3.8, 4) is 11.1 Å². The Morgan fingerprint density at radius 1 is 1.00 bits per heavy atom. The molecule has 140 valence electrons. The third-order valence-corrected chi connectivity index (χ3v) is 13.0. The van der Waals surface area contributed by atoms with E-state index in [2.05, 4.69) is 71.3 Å². The van der Waals surface area contributed by atoms with E-state index < -0.39 is 21.3 Å². The Bertz CT molecular complexity index is 853. The van der Waals surface area contributed by atoms with Crippen LogP contribution in [0, 0.1) is 0 Å². The van der Waals surface area contributed by atoms with E-state index in [4.69, 9.17) is 0 Å². The molecule has 4 heteroatoms. The van der Waals surface area contributed by atoms with Crippen LogP contribution in [0.4, 0.5) is 0 Å². The number of fused-ring (bicyclic) bond motifs is 3. The molecule has 0 spiro atoms. The van der Waals surface area contributed by atoms with Gasteiger partial charge < -0.3 is 24.8 Å². The fourth-order valence-electron chi connectivity index (χ4n) is 4.36. The molecule has 0 bridgehead atoms. The quantitative estimate of drug-likeness (QED) is 0.597. The van der Waals surface area contributed by atoms with Gasteiger partial charge >= 0.3 is 158 Å². The van der Waals surface area contributed by atoms with Crippen molar-refractivity contribution in [3.63, 3.8) is 0 Å². The Morgan fingerprint density at radius 2 is 1.59 bits per heavy atom. The van der Waals surface area contributed by atoms with Gasteiger partial charge in [-0.05, 0) is 0 Å². The normalized spacial score (nSPS) is 14.6. The summed E-state index contributed by atoms with van der Waals surface area (Å²) in [6, 6.07) is 18.0. The Labute approximate surface area is 182 Å². The van der Waals surface area contributed by atoms with E-state index in [-0.39, 0.29) is 31.4 Å². The summed E-state index contributed by atoms with van der Waals surface area (Å²) in [6.45, 7) is 2.57. The van der Waals surface area contributed by atoms with Gasteiger partial charge in [-0.1, -0.05) is 0 Å². The van der Waals surface area contributed by atoms with Gasteiger partial charge in [0.15, 0.2) is 0 Å². The molecule has 2 aromatic rings. The van der Waals surface area contributed by atoms with Crippen molar-refractivity contribution in [2.45, 2.75) is 29.8 Å². The molecule has 2 aliphatic rings. The fraction of sp³-hybridized carbons (Fsp3) is 0.261. The van der Waals surface area contributed by atoms with E-state index in [0.717, 1.165) is 19.3 Å². The molecule has 0 atom stereocenters. The van der Waals surface area contributed by atoms with Crippen LogP contribution in [0.2, 0.25) is 0 Å². The molecule has 0 amide bonds. The SMILES string of the molecule is C[CH]=[Zr+2]([C]1=C(CCCO)C=CC1)[CH]1c2ccccc2-c2ccccc21.[Cl-].[Cl-].